The van der Waals surface area contributed by atoms with Crippen LogP contribution in [-0.4, -0.2) is 46.0 Å². The molecule has 1 fully saturated rings. The number of hydrogen-bond donors (Lipinski definition) is 1. The molecule has 0 unspecified atom stereocenters. The molecule has 0 aliphatic carbocycles. The summed E-state index contributed by atoms with van der Waals surface area (Å²) in [6.07, 6.45) is 5.85. The Labute approximate surface area is 207 Å². The zero-order valence-corrected chi connectivity index (χ0v) is 21.1. The molecule has 1 aliphatic heterocycles. The van der Waals surface area contributed by atoms with Gasteiger partial charge in [0.2, 0.25) is 0 Å². The molecule has 0 radical (unpaired) electrons. The molecule has 1 amide bonds. The predicted octanol–water partition coefficient (Wildman–Crippen LogP) is 6.06. The van der Waals surface area contributed by atoms with E-state index in [4.69, 9.17) is 26.8 Å². The fraction of sp³-hybridized carbons (Fsp3) is 0.375. The third kappa shape index (κ3) is 6.82. The second-order valence-corrected chi connectivity index (χ2v) is 10.2. The molecule has 1 saturated heterocycles. The van der Waals surface area contributed by atoms with Gasteiger partial charge in [0.15, 0.2) is 0 Å². The van der Waals surface area contributed by atoms with Crippen LogP contribution in [0.1, 0.15) is 44.4 Å². The highest BCUT2D eigenvalue weighted by Crippen LogP contribution is 2.39. The van der Waals surface area contributed by atoms with Crippen molar-refractivity contribution >= 4 is 57.6 Å². The molecule has 2 aromatic rings. The maximum atomic E-state index is 12.5. The van der Waals surface area contributed by atoms with Crippen molar-refractivity contribution < 1.29 is 24.2 Å². The molecule has 0 bridgehead atoms. The summed E-state index contributed by atoms with van der Waals surface area (Å²) in [4.78, 5) is 27.0. The van der Waals surface area contributed by atoms with Crippen LogP contribution in [0.2, 0.25) is 0 Å². The van der Waals surface area contributed by atoms with Crippen molar-refractivity contribution in [2.24, 2.45) is 0 Å². The Balaban J connectivity index is 1.82. The topological polar surface area (TPSA) is 76.1 Å². The number of rotatable bonds is 12. The standard InChI is InChI=1S/C24H27NO5S3/c1-3-5-11-29-16-7-9-18(19(13-16)30-12-6-4-2)20-10-8-17(32-20)14-21-23(28)25(15-22(26)27)24(31)33-21/h7-10,13-14H,3-6,11-12,15H2,1-2H3,(H,26,27)/b21-14+. The number of benzene rings is 1. The number of thiophene rings is 1. The number of aliphatic carboxylic acids is 1. The van der Waals surface area contributed by atoms with E-state index in [2.05, 4.69) is 13.8 Å². The summed E-state index contributed by atoms with van der Waals surface area (Å²) < 4.78 is 12.2. The molecular weight excluding hydrogens is 478 g/mol. The van der Waals surface area contributed by atoms with E-state index in [1.165, 1.54) is 11.3 Å². The molecule has 1 aromatic carbocycles. The zero-order valence-electron chi connectivity index (χ0n) is 18.7. The van der Waals surface area contributed by atoms with Crippen molar-refractivity contribution in [2.75, 3.05) is 19.8 Å². The van der Waals surface area contributed by atoms with Gasteiger partial charge in [-0.3, -0.25) is 14.5 Å². The van der Waals surface area contributed by atoms with Crippen LogP contribution in [-0.2, 0) is 9.59 Å². The van der Waals surface area contributed by atoms with Crippen molar-refractivity contribution in [3.63, 3.8) is 0 Å². The highest BCUT2D eigenvalue weighted by atomic mass is 32.2. The Morgan fingerprint density at radius 2 is 1.85 bits per heavy atom. The molecule has 0 atom stereocenters. The summed E-state index contributed by atoms with van der Waals surface area (Å²) in [5.74, 6) is 0.0967. The van der Waals surface area contributed by atoms with Gasteiger partial charge in [0, 0.05) is 21.4 Å². The first-order valence-corrected chi connectivity index (χ1v) is 12.9. The van der Waals surface area contributed by atoms with Gasteiger partial charge in [0.05, 0.1) is 18.1 Å². The van der Waals surface area contributed by atoms with Crippen molar-refractivity contribution in [2.45, 2.75) is 39.5 Å². The lowest BCUT2D eigenvalue weighted by molar-refractivity contribution is -0.140. The number of ether oxygens (including phenoxy) is 2. The maximum Gasteiger partial charge on any atom is 0.323 e. The van der Waals surface area contributed by atoms with E-state index < -0.39 is 12.5 Å². The first-order chi connectivity index (χ1) is 15.9. The van der Waals surface area contributed by atoms with Crippen LogP contribution in [0, 0.1) is 0 Å². The van der Waals surface area contributed by atoms with E-state index >= 15 is 0 Å². The normalized spacial score (nSPS) is 14.8. The van der Waals surface area contributed by atoms with Gasteiger partial charge in [0.25, 0.3) is 5.91 Å². The van der Waals surface area contributed by atoms with E-state index in [0.29, 0.717) is 18.1 Å². The minimum Gasteiger partial charge on any atom is -0.493 e. The predicted molar refractivity (Wildman–Crippen MR) is 138 cm³/mol. The van der Waals surface area contributed by atoms with Crippen LogP contribution in [0.4, 0.5) is 0 Å². The van der Waals surface area contributed by atoms with Crippen molar-refractivity contribution in [3.05, 3.63) is 40.1 Å². The first kappa shape index (κ1) is 25.3. The van der Waals surface area contributed by atoms with Crippen LogP contribution in [0.15, 0.2) is 35.2 Å². The Bertz CT molecular complexity index is 1050. The number of carboxylic acids is 1. The largest absolute Gasteiger partial charge is 0.493 e. The van der Waals surface area contributed by atoms with E-state index in [-0.39, 0.29) is 10.2 Å². The molecule has 1 N–H and O–H groups in total. The van der Waals surface area contributed by atoms with Crippen LogP contribution in [0.25, 0.3) is 16.5 Å². The Kier molecular flexibility index (Phi) is 9.34. The Morgan fingerprint density at radius 3 is 2.55 bits per heavy atom. The van der Waals surface area contributed by atoms with E-state index in [0.717, 1.165) is 69.2 Å². The van der Waals surface area contributed by atoms with Crippen LogP contribution in [0.3, 0.4) is 0 Å². The lowest BCUT2D eigenvalue weighted by atomic mass is 10.1. The number of thiocarbonyl (C=S) groups is 1. The monoisotopic (exact) mass is 505 g/mol. The number of unbranched alkanes of at least 4 members (excludes halogenated alkanes) is 2. The van der Waals surface area contributed by atoms with Gasteiger partial charge in [-0.2, -0.15) is 0 Å². The van der Waals surface area contributed by atoms with Gasteiger partial charge >= 0.3 is 5.97 Å². The molecule has 33 heavy (non-hydrogen) atoms. The second kappa shape index (κ2) is 12.2. The highest BCUT2D eigenvalue weighted by molar-refractivity contribution is 8.26. The van der Waals surface area contributed by atoms with Crippen molar-refractivity contribution in [1.29, 1.82) is 0 Å². The van der Waals surface area contributed by atoms with Gasteiger partial charge in [-0.25, -0.2) is 0 Å². The third-order valence-electron chi connectivity index (χ3n) is 4.81. The third-order valence-corrected chi connectivity index (χ3v) is 7.25. The van der Waals surface area contributed by atoms with Gasteiger partial charge in [-0.1, -0.05) is 50.7 Å². The summed E-state index contributed by atoms with van der Waals surface area (Å²) in [5.41, 5.74) is 0.969. The summed E-state index contributed by atoms with van der Waals surface area (Å²) >= 11 is 7.82. The zero-order chi connectivity index (χ0) is 23.8. The molecule has 1 aliphatic rings. The first-order valence-electron chi connectivity index (χ1n) is 10.9. The fourth-order valence-electron chi connectivity index (χ4n) is 3.05. The second-order valence-electron chi connectivity index (χ2n) is 7.43. The SMILES string of the molecule is CCCCOc1ccc(-c2ccc(/C=C3/SC(=S)N(CC(=O)O)C3=O)s2)c(OCCCC)c1. The number of carbonyl (C=O) groups is 2. The van der Waals surface area contributed by atoms with Gasteiger partial charge in [0.1, 0.15) is 22.4 Å². The Hall–Kier alpha value is -2.36. The lowest BCUT2D eigenvalue weighted by Crippen LogP contribution is -2.33. The fourth-order valence-corrected chi connectivity index (χ4v) is 5.35. The van der Waals surface area contributed by atoms with Crippen molar-refractivity contribution in [1.82, 2.24) is 4.90 Å². The number of nitrogens with zero attached hydrogens (tertiary/aromatic N) is 1. The van der Waals surface area contributed by atoms with Crippen LogP contribution < -0.4 is 9.47 Å². The highest BCUT2D eigenvalue weighted by Gasteiger charge is 2.33. The van der Waals surface area contributed by atoms with Crippen LogP contribution in [0.5, 0.6) is 11.5 Å². The molecule has 1 aromatic heterocycles. The molecule has 0 saturated carbocycles. The Morgan fingerprint density at radius 1 is 1.12 bits per heavy atom. The summed E-state index contributed by atoms with van der Waals surface area (Å²) in [5, 5.41) is 9.00. The molecule has 0 spiro atoms. The van der Waals surface area contributed by atoms with Gasteiger partial charge in [-0.05, 0) is 43.2 Å². The molecule has 9 heteroatoms. The van der Waals surface area contributed by atoms with E-state index in [1.807, 2.05) is 30.3 Å². The molecule has 3 rings (SSSR count). The number of carbonyl (C=O) groups excluding carboxylic acids is 1. The summed E-state index contributed by atoms with van der Waals surface area (Å²) in [7, 11) is 0. The molecular formula is C24H27NO5S3. The molecule has 2 heterocycles. The molecule has 6 nitrogen and oxygen atoms in total. The smallest absolute Gasteiger partial charge is 0.323 e. The van der Waals surface area contributed by atoms with Gasteiger partial charge in [-0.15, -0.1) is 11.3 Å². The average Bonchev–Trinajstić information content (AvgIpc) is 3.34. The van der Waals surface area contributed by atoms with Crippen molar-refractivity contribution in [3.8, 4) is 21.9 Å². The average molecular weight is 506 g/mol. The quantitative estimate of drug-likeness (QED) is 0.213. The minimum atomic E-state index is -1.09. The molecule has 176 valence electrons. The lowest BCUT2D eigenvalue weighted by Gasteiger charge is -2.13. The number of thioether (sulfide) groups is 1. The number of carboxylic acid groups (broad SMARTS) is 1. The maximum absolute atomic E-state index is 12.5. The minimum absolute atomic E-state index is 0.260. The number of amides is 1. The van der Waals surface area contributed by atoms with E-state index in [9.17, 15) is 9.59 Å². The summed E-state index contributed by atoms with van der Waals surface area (Å²) in [6.45, 7) is 5.13. The number of hydrogen-bond acceptors (Lipinski definition) is 7. The summed E-state index contributed by atoms with van der Waals surface area (Å²) in [6, 6.07) is 9.83. The van der Waals surface area contributed by atoms with E-state index in [1.54, 1.807) is 6.08 Å². The van der Waals surface area contributed by atoms with Crippen LogP contribution >= 0.6 is 35.3 Å². The van der Waals surface area contributed by atoms with Gasteiger partial charge < -0.3 is 14.6 Å².